The van der Waals surface area contributed by atoms with Gasteiger partial charge >= 0.3 is 0 Å². The summed E-state index contributed by atoms with van der Waals surface area (Å²) in [4.78, 5) is 19.4. The Morgan fingerprint density at radius 1 is 1.44 bits per heavy atom. The Balaban J connectivity index is 2.10. The number of hydrogen-bond donors (Lipinski definition) is 1. The standard InChI is InChI=1S/C13H19IN2OS/c1-8(2)12-11(14)13(17)16-10(15-12)7-18-9-5-3-4-6-9/h8-9H,3-7H2,1-2H3,(H,15,16,17). The third kappa shape index (κ3) is 3.50. The first-order chi connectivity index (χ1) is 8.58. The van der Waals surface area contributed by atoms with Gasteiger partial charge in [0.1, 0.15) is 5.82 Å². The van der Waals surface area contributed by atoms with Crippen molar-refractivity contribution >= 4 is 34.4 Å². The van der Waals surface area contributed by atoms with E-state index in [4.69, 9.17) is 0 Å². The van der Waals surface area contributed by atoms with E-state index < -0.39 is 0 Å². The second kappa shape index (κ2) is 6.41. The molecule has 1 heterocycles. The minimum absolute atomic E-state index is 0.0105. The van der Waals surface area contributed by atoms with Crippen LogP contribution in [0.3, 0.4) is 0 Å². The molecule has 0 radical (unpaired) electrons. The van der Waals surface area contributed by atoms with E-state index in [1.54, 1.807) is 0 Å². The molecule has 0 saturated heterocycles. The predicted octanol–water partition coefficient (Wildman–Crippen LogP) is 3.67. The van der Waals surface area contributed by atoms with E-state index >= 15 is 0 Å². The van der Waals surface area contributed by atoms with Crippen LogP contribution in [0.2, 0.25) is 0 Å². The molecule has 3 nitrogen and oxygen atoms in total. The predicted molar refractivity (Wildman–Crippen MR) is 85.2 cm³/mol. The number of aromatic amines is 1. The maximum absolute atomic E-state index is 11.8. The number of nitrogens with one attached hydrogen (secondary N) is 1. The SMILES string of the molecule is CC(C)c1nc(CSC2CCCC2)[nH]c(=O)c1I. The third-order valence-corrected chi connectivity index (χ3v) is 5.67. The van der Waals surface area contributed by atoms with Crippen LogP contribution in [-0.4, -0.2) is 15.2 Å². The number of H-pyrrole nitrogens is 1. The summed E-state index contributed by atoms with van der Waals surface area (Å²) in [5, 5.41) is 0.761. The first-order valence-corrected chi connectivity index (χ1v) is 8.61. The highest BCUT2D eigenvalue weighted by Gasteiger charge is 2.17. The maximum Gasteiger partial charge on any atom is 0.264 e. The molecule has 0 unspecified atom stereocenters. The van der Waals surface area contributed by atoms with Crippen LogP contribution in [0.4, 0.5) is 0 Å². The molecule has 0 aliphatic heterocycles. The third-order valence-electron chi connectivity index (χ3n) is 3.24. The highest BCUT2D eigenvalue weighted by atomic mass is 127. The van der Waals surface area contributed by atoms with Gasteiger partial charge < -0.3 is 4.98 Å². The van der Waals surface area contributed by atoms with Gasteiger partial charge in [0, 0.05) is 5.25 Å². The zero-order valence-electron chi connectivity index (χ0n) is 10.8. The van der Waals surface area contributed by atoms with Gasteiger partial charge in [-0.05, 0) is 41.4 Å². The van der Waals surface area contributed by atoms with Gasteiger partial charge in [-0.2, -0.15) is 11.8 Å². The van der Waals surface area contributed by atoms with Crippen molar-refractivity contribution < 1.29 is 0 Å². The van der Waals surface area contributed by atoms with Gasteiger partial charge in [-0.25, -0.2) is 4.98 Å². The van der Waals surface area contributed by atoms with Crippen molar-refractivity contribution in [2.75, 3.05) is 0 Å². The first-order valence-electron chi connectivity index (χ1n) is 6.48. The number of hydrogen-bond acceptors (Lipinski definition) is 3. The summed E-state index contributed by atoms with van der Waals surface area (Å²) >= 11 is 4.03. The zero-order valence-corrected chi connectivity index (χ0v) is 13.8. The van der Waals surface area contributed by atoms with Gasteiger partial charge in [-0.15, -0.1) is 0 Å². The monoisotopic (exact) mass is 378 g/mol. The summed E-state index contributed by atoms with van der Waals surface area (Å²) in [5.74, 6) is 1.96. The fourth-order valence-corrected chi connectivity index (χ4v) is 4.30. The Labute approximate surface area is 126 Å². The minimum Gasteiger partial charge on any atom is -0.309 e. The van der Waals surface area contributed by atoms with E-state index in [0.29, 0.717) is 5.92 Å². The Bertz CT molecular complexity index is 467. The minimum atomic E-state index is 0.0105. The van der Waals surface area contributed by atoms with E-state index in [2.05, 4.69) is 46.4 Å². The normalized spacial score (nSPS) is 16.7. The fraction of sp³-hybridized carbons (Fsp3) is 0.692. The topological polar surface area (TPSA) is 45.8 Å². The fourth-order valence-electron chi connectivity index (χ4n) is 2.23. The van der Waals surface area contributed by atoms with Crippen molar-refractivity contribution in [3.63, 3.8) is 0 Å². The molecule has 0 spiro atoms. The molecule has 1 fully saturated rings. The molecule has 0 atom stereocenters. The number of nitrogens with zero attached hydrogens (tertiary/aromatic N) is 1. The summed E-state index contributed by atoms with van der Waals surface area (Å²) < 4.78 is 0.734. The largest absolute Gasteiger partial charge is 0.309 e. The van der Waals surface area contributed by atoms with Crippen molar-refractivity contribution in [1.29, 1.82) is 0 Å². The summed E-state index contributed by atoms with van der Waals surface area (Å²) in [7, 11) is 0. The molecule has 0 aromatic carbocycles. The molecule has 18 heavy (non-hydrogen) atoms. The molecule has 0 amide bonds. The summed E-state index contributed by atoms with van der Waals surface area (Å²) in [6, 6.07) is 0. The lowest BCUT2D eigenvalue weighted by Gasteiger charge is -2.11. The Morgan fingerprint density at radius 2 is 2.11 bits per heavy atom. The number of rotatable bonds is 4. The quantitative estimate of drug-likeness (QED) is 0.814. The van der Waals surface area contributed by atoms with Crippen molar-refractivity contribution in [2.24, 2.45) is 0 Å². The molecular formula is C13H19IN2OS. The van der Waals surface area contributed by atoms with Crippen molar-refractivity contribution in [1.82, 2.24) is 9.97 Å². The molecule has 1 N–H and O–H groups in total. The van der Waals surface area contributed by atoms with Crippen LogP contribution in [0, 0.1) is 3.57 Å². The van der Waals surface area contributed by atoms with Crippen LogP contribution in [0.1, 0.15) is 57.0 Å². The van der Waals surface area contributed by atoms with E-state index in [0.717, 1.165) is 26.1 Å². The maximum atomic E-state index is 11.8. The lowest BCUT2D eigenvalue weighted by molar-refractivity contribution is 0.782. The molecular weight excluding hydrogens is 359 g/mol. The Kier molecular flexibility index (Phi) is 5.12. The Morgan fingerprint density at radius 3 is 2.72 bits per heavy atom. The van der Waals surface area contributed by atoms with Gasteiger partial charge in [0.25, 0.3) is 5.56 Å². The average molecular weight is 378 g/mol. The van der Waals surface area contributed by atoms with E-state index in [1.165, 1.54) is 25.7 Å². The lowest BCUT2D eigenvalue weighted by Crippen LogP contribution is -2.18. The van der Waals surface area contributed by atoms with Crippen molar-refractivity contribution in [3.05, 3.63) is 25.4 Å². The van der Waals surface area contributed by atoms with Crippen molar-refractivity contribution in [3.8, 4) is 0 Å². The molecule has 1 aliphatic carbocycles. The molecule has 5 heteroatoms. The first kappa shape index (κ1) is 14.4. The Hall–Kier alpha value is -0.0400. The van der Waals surface area contributed by atoms with Crippen LogP contribution in [0.5, 0.6) is 0 Å². The van der Waals surface area contributed by atoms with Gasteiger partial charge in [0.15, 0.2) is 0 Å². The second-order valence-electron chi connectivity index (χ2n) is 5.08. The van der Waals surface area contributed by atoms with Crippen molar-refractivity contribution in [2.45, 2.75) is 56.5 Å². The van der Waals surface area contributed by atoms with Gasteiger partial charge in [-0.1, -0.05) is 26.7 Å². The van der Waals surface area contributed by atoms with Crippen LogP contribution in [0.15, 0.2) is 4.79 Å². The highest BCUT2D eigenvalue weighted by molar-refractivity contribution is 14.1. The molecule has 2 rings (SSSR count). The van der Waals surface area contributed by atoms with E-state index in [-0.39, 0.29) is 5.56 Å². The number of aromatic nitrogens is 2. The summed E-state index contributed by atoms with van der Waals surface area (Å²) in [6.45, 7) is 4.16. The number of halogens is 1. The van der Waals surface area contributed by atoms with E-state index in [9.17, 15) is 4.79 Å². The summed E-state index contributed by atoms with van der Waals surface area (Å²) in [6.07, 6.45) is 5.34. The highest BCUT2D eigenvalue weighted by Crippen LogP contribution is 2.31. The second-order valence-corrected chi connectivity index (χ2v) is 7.45. The average Bonchev–Trinajstić information content (AvgIpc) is 2.83. The van der Waals surface area contributed by atoms with Gasteiger partial charge in [-0.3, -0.25) is 4.79 Å². The van der Waals surface area contributed by atoms with Crippen LogP contribution >= 0.6 is 34.4 Å². The molecule has 1 saturated carbocycles. The van der Waals surface area contributed by atoms with E-state index in [1.807, 2.05) is 11.8 Å². The van der Waals surface area contributed by atoms with Crippen LogP contribution in [0.25, 0.3) is 0 Å². The van der Waals surface area contributed by atoms with Crippen LogP contribution in [-0.2, 0) is 5.75 Å². The smallest absolute Gasteiger partial charge is 0.264 e. The van der Waals surface area contributed by atoms with Gasteiger partial charge in [0.05, 0.1) is 15.0 Å². The number of thioether (sulfide) groups is 1. The van der Waals surface area contributed by atoms with Crippen LogP contribution < -0.4 is 5.56 Å². The lowest BCUT2D eigenvalue weighted by atomic mass is 10.1. The molecule has 1 aromatic heterocycles. The summed E-state index contributed by atoms with van der Waals surface area (Å²) in [5.41, 5.74) is 0.942. The van der Waals surface area contributed by atoms with Gasteiger partial charge in [0.2, 0.25) is 0 Å². The molecule has 100 valence electrons. The molecule has 1 aromatic rings. The molecule has 1 aliphatic rings. The zero-order chi connectivity index (χ0) is 13.1. The molecule has 0 bridgehead atoms.